The van der Waals surface area contributed by atoms with Crippen molar-refractivity contribution >= 4 is 35.0 Å². The number of rotatable bonds is 4. The maximum atomic E-state index is 13.2. The molecule has 0 bridgehead atoms. The fraction of sp³-hybridized carbons (Fsp3) is 0.125. The molecule has 0 spiro atoms. The van der Waals surface area contributed by atoms with Gasteiger partial charge in [0, 0.05) is 10.6 Å². The van der Waals surface area contributed by atoms with Crippen LogP contribution in [-0.2, 0) is 4.79 Å². The molecule has 1 unspecified atom stereocenters. The van der Waals surface area contributed by atoms with Crippen molar-refractivity contribution in [2.45, 2.75) is 17.1 Å². The molecule has 2 aromatic rings. The molecule has 0 aromatic heterocycles. The molecule has 7 heteroatoms. The number of amides is 1. The summed E-state index contributed by atoms with van der Waals surface area (Å²) in [4.78, 5) is 12.6. The molecule has 3 nitrogen and oxygen atoms in total. The molecule has 1 N–H and O–H groups in total. The van der Waals surface area contributed by atoms with E-state index in [2.05, 4.69) is 5.32 Å². The van der Waals surface area contributed by atoms with E-state index in [0.29, 0.717) is 16.1 Å². The average molecular weight is 353 g/mol. The third kappa shape index (κ3) is 4.44. The van der Waals surface area contributed by atoms with Crippen molar-refractivity contribution in [3.05, 3.63) is 58.6 Å². The van der Waals surface area contributed by atoms with Crippen LogP contribution in [0.2, 0.25) is 5.02 Å². The first-order valence-electron chi connectivity index (χ1n) is 6.53. The molecule has 2 aromatic carbocycles. The number of carbonyl (C=O) groups is 1. The summed E-state index contributed by atoms with van der Waals surface area (Å²) in [6.45, 7) is 1.65. The molecule has 0 saturated carbocycles. The van der Waals surface area contributed by atoms with Gasteiger partial charge >= 0.3 is 0 Å². The topological polar surface area (TPSA) is 52.9 Å². The molecule has 0 aliphatic rings. The fourth-order valence-corrected chi connectivity index (χ4v) is 2.85. The van der Waals surface area contributed by atoms with Gasteiger partial charge in [-0.3, -0.25) is 4.79 Å². The highest BCUT2D eigenvalue weighted by molar-refractivity contribution is 8.00. The summed E-state index contributed by atoms with van der Waals surface area (Å²) in [6.07, 6.45) is 0. The van der Waals surface area contributed by atoms with Gasteiger partial charge in [-0.05, 0) is 43.3 Å². The van der Waals surface area contributed by atoms with Gasteiger partial charge in [-0.15, -0.1) is 11.8 Å². The van der Waals surface area contributed by atoms with Gasteiger partial charge in [0.1, 0.15) is 6.07 Å². The van der Waals surface area contributed by atoms with Crippen molar-refractivity contribution in [3.63, 3.8) is 0 Å². The van der Waals surface area contributed by atoms with Crippen LogP contribution in [0, 0.1) is 23.0 Å². The highest BCUT2D eigenvalue weighted by atomic mass is 35.5. The summed E-state index contributed by atoms with van der Waals surface area (Å²) in [6, 6.07) is 9.95. The first kappa shape index (κ1) is 17.3. The molecule has 1 amide bonds. The van der Waals surface area contributed by atoms with Gasteiger partial charge in [-0.2, -0.15) is 5.26 Å². The average Bonchev–Trinajstić information content (AvgIpc) is 2.51. The molecule has 0 aliphatic heterocycles. The summed E-state index contributed by atoms with van der Waals surface area (Å²) in [5.41, 5.74) is 0.769. The van der Waals surface area contributed by atoms with Crippen molar-refractivity contribution in [2.75, 3.05) is 5.32 Å². The standard InChI is InChI=1S/C16H11ClF2N2OS/c1-9(23-12-4-5-14(18)15(19)7-12)16(22)21-11-3-2-10(8-20)13(17)6-11/h2-7,9H,1H3,(H,21,22). The molecule has 1 atom stereocenters. The summed E-state index contributed by atoms with van der Waals surface area (Å²) in [5, 5.41) is 11.2. The van der Waals surface area contributed by atoms with E-state index in [4.69, 9.17) is 16.9 Å². The van der Waals surface area contributed by atoms with E-state index in [0.717, 1.165) is 23.9 Å². The van der Waals surface area contributed by atoms with Crippen LogP contribution in [0.4, 0.5) is 14.5 Å². The fourth-order valence-electron chi connectivity index (χ4n) is 1.74. The normalized spacial score (nSPS) is 11.6. The van der Waals surface area contributed by atoms with Gasteiger partial charge in [0.25, 0.3) is 0 Å². The van der Waals surface area contributed by atoms with Gasteiger partial charge in [0.05, 0.1) is 15.8 Å². The van der Waals surface area contributed by atoms with Gasteiger partial charge in [-0.25, -0.2) is 8.78 Å². The Bertz CT molecular complexity index is 792. The van der Waals surface area contributed by atoms with E-state index in [-0.39, 0.29) is 10.9 Å². The summed E-state index contributed by atoms with van der Waals surface area (Å²) in [7, 11) is 0. The van der Waals surface area contributed by atoms with Gasteiger partial charge in [-0.1, -0.05) is 11.6 Å². The maximum Gasteiger partial charge on any atom is 0.237 e. The Morgan fingerprint density at radius 3 is 2.61 bits per heavy atom. The second-order valence-electron chi connectivity index (χ2n) is 4.63. The minimum absolute atomic E-state index is 0.242. The van der Waals surface area contributed by atoms with Crippen LogP contribution >= 0.6 is 23.4 Å². The minimum Gasteiger partial charge on any atom is -0.325 e. The highest BCUT2D eigenvalue weighted by Crippen LogP contribution is 2.26. The minimum atomic E-state index is -0.957. The number of benzene rings is 2. The number of carbonyl (C=O) groups excluding carboxylic acids is 1. The Kier molecular flexibility index (Phi) is 5.59. The third-order valence-corrected chi connectivity index (χ3v) is 4.34. The monoisotopic (exact) mass is 352 g/mol. The molecule has 0 aliphatic carbocycles. The van der Waals surface area contributed by atoms with Gasteiger partial charge in [0.2, 0.25) is 5.91 Å². The van der Waals surface area contributed by atoms with Crippen molar-refractivity contribution in [2.24, 2.45) is 0 Å². The maximum absolute atomic E-state index is 13.2. The predicted octanol–water partition coefficient (Wildman–Crippen LogP) is 4.61. The lowest BCUT2D eigenvalue weighted by atomic mass is 10.2. The molecule has 0 saturated heterocycles. The Morgan fingerprint density at radius 1 is 1.26 bits per heavy atom. The zero-order valence-corrected chi connectivity index (χ0v) is 13.5. The number of thioether (sulfide) groups is 1. The smallest absolute Gasteiger partial charge is 0.237 e. The third-order valence-electron chi connectivity index (χ3n) is 2.93. The summed E-state index contributed by atoms with van der Waals surface area (Å²) >= 11 is 7.00. The second-order valence-corrected chi connectivity index (χ2v) is 6.45. The molecule has 23 heavy (non-hydrogen) atoms. The van der Waals surface area contributed by atoms with Gasteiger partial charge in [0.15, 0.2) is 11.6 Å². The van der Waals surface area contributed by atoms with E-state index in [1.807, 2.05) is 6.07 Å². The molecule has 2 rings (SSSR count). The van der Waals surface area contributed by atoms with Crippen LogP contribution in [0.3, 0.4) is 0 Å². The van der Waals surface area contributed by atoms with Crippen LogP contribution in [0.15, 0.2) is 41.3 Å². The second kappa shape index (κ2) is 7.44. The predicted molar refractivity (Wildman–Crippen MR) is 86.5 cm³/mol. The van der Waals surface area contributed by atoms with E-state index in [1.165, 1.54) is 18.2 Å². The lowest BCUT2D eigenvalue weighted by molar-refractivity contribution is -0.115. The number of hydrogen-bond acceptors (Lipinski definition) is 3. The van der Waals surface area contributed by atoms with E-state index < -0.39 is 16.9 Å². The van der Waals surface area contributed by atoms with Gasteiger partial charge < -0.3 is 5.32 Å². The van der Waals surface area contributed by atoms with Crippen LogP contribution in [-0.4, -0.2) is 11.2 Å². The van der Waals surface area contributed by atoms with Crippen LogP contribution in [0.25, 0.3) is 0 Å². The Labute approximate surface area is 141 Å². The number of nitrogens with zero attached hydrogens (tertiary/aromatic N) is 1. The lowest BCUT2D eigenvalue weighted by Crippen LogP contribution is -2.22. The largest absolute Gasteiger partial charge is 0.325 e. The zero-order chi connectivity index (χ0) is 17.0. The van der Waals surface area contributed by atoms with Crippen LogP contribution < -0.4 is 5.32 Å². The first-order valence-corrected chi connectivity index (χ1v) is 7.78. The molecule has 0 fully saturated rings. The Morgan fingerprint density at radius 2 is 2.00 bits per heavy atom. The van der Waals surface area contributed by atoms with Crippen molar-refractivity contribution < 1.29 is 13.6 Å². The summed E-state index contributed by atoms with van der Waals surface area (Å²) < 4.78 is 26.0. The number of hydrogen-bond donors (Lipinski definition) is 1. The number of nitrogens with one attached hydrogen (secondary N) is 1. The Balaban J connectivity index is 2.03. The number of halogens is 3. The molecule has 0 heterocycles. The lowest BCUT2D eigenvalue weighted by Gasteiger charge is -2.12. The van der Waals surface area contributed by atoms with E-state index >= 15 is 0 Å². The SMILES string of the molecule is CC(Sc1ccc(F)c(F)c1)C(=O)Nc1ccc(C#N)c(Cl)c1. The highest BCUT2D eigenvalue weighted by Gasteiger charge is 2.16. The zero-order valence-electron chi connectivity index (χ0n) is 11.9. The quantitative estimate of drug-likeness (QED) is 0.817. The molecule has 0 radical (unpaired) electrons. The van der Waals surface area contributed by atoms with Crippen molar-refractivity contribution in [1.82, 2.24) is 0 Å². The summed E-state index contributed by atoms with van der Waals surface area (Å²) in [5.74, 6) is -2.21. The van der Waals surface area contributed by atoms with Crippen LogP contribution in [0.1, 0.15) is 12.5 Å². The number of nitriles is 1. The first-order chi connectivity index (χ1) is 10.9. The van der Waals surface area contributed by atoms with Crippen molar-refractivity contribution in [3.8, 4) is 6.07 Å². The van der Waals surface area contributed by atoms with Crippen molar-refractivity contribution in [1.29, 1.82) is 5.26 Å². The molecular weight excluding hydrogens is 342 g/mol. The number of anilines is 1. The van der Waals surface area contributed by atoms with Crippen LogP contribution in [0.5, 0.6) is 0 Å². The molecule has 118 valence electrons. The van der Waals surface area contributed by atoms with E-state index in [1.54, 1.807) is 13.0 Å². The Hall–Kier alpha value is -2.10. The van der Waals surface area contributed by atoms with E-state index in [9.17, 15) is 13.6 Å². The molecular formula is C16H11ClF2N2OS.